The summed E-state index contributed by atoms with van der Waals surface area (Å²) in [5.41, 5.74) is 1.32. The number of likely N-dealkylation sites (N-methyl/N-ethyl adjacent to an activating group) is 1. The molecule has 6 heteroatoms. The maximum Gasteiger partial charge on any atom is 0.314 e. The highest BCUT2D eigenvalue weighted by molar-refractivity contribution is 6.39. The van der Waals surface area contributed by atoms with Crippen LogP contribution in [0.1, 0.15) is 5.56 Å². The third kappa shape index (κ3) is 4.25. The number of ether oxygens (including phenoxy) is 2. The molecule has 0 fully saturated rings. The Bertz CT molecular complexity index is 716. The van der Waals surface area contributed by atoms with Crippen molar-refractivity contribution in [3.8, 4) is 11.5 Å². The first-order valence-electron chi connectivity index (χ1n) is 7.37. The first-order chi connectivity index (χ1) is 11.5. The van der Waals surface area contributed by atoms with Crippen LogP contribution in [0.4, 0.5) is 5.69 Å². The molecule has 0 unspecified atom stereocenters. The zero-order valence-corrected chi connectivity index (χ0v) is 13.9. The summed E-state index contributed by atoms with van der Waals surface area (Å²) >= 11 is 0. The van der Waals surface area contributed by atoms with E-state index in [1.165, 1.54) is 19.1 Å². The Balaban J connectivity index is 2.07. The second-order valence-electron chi connectivity index (χ2n) is 5.17. The average Bonchev–Trinajstić information content (AvgIpc) is 2.61. The van der Waals surface area contributed by atoms with Gasteiger partial charge in [0.15, 0.2) is 0 Å². The van der Waals surface area contributed by atoms with E-state index in [4.69, 9.17) is 9.47 Å². The molecule has 0 aliphatic rings. The number of hydrogen-bond acceptors (Lipinski definition) is 4. The Kier molecular flexibility index (Phi) is 5.78. The largest absolute Gasteiger partial charge is 0.497 e. The van der Waals surface area contributed by atoms with Gasteiger partial charge in [0.05, 0.1) is 19.9 Å². The van der Waals surface area contributed by atoms with E-state index in [1.807, 2.05) is 30.3 Å². The molecule has 0 bridgehead atoms. The van der Waals surface area contributed by atoms with Crippen molar-refractivity contribution in [3.05, 3.63) is 54.1 Å². The van der Waals surface area contributed by atoms with Crippen molar-refractivity contribution < 1.29 is 19.1 Å². The molecular formula is C18H20N2O4. The van der Waals surface area contributed by atoms with Crippen molar-refractivity contribution in [1.29, 1.82) is 0 Å². The predicted molar refractivity (Wildman–Crippen MR) is 91.1 cm³/mol. The first kappa shape index (κ1) is 17.3. The van der Waals surface area contributed by atoms with Gasteiger partial charge in [-0.15, -0.1) is 0 Å². The fourth-order valence-corrected chi connectivity index (χ4v) is 2.19. The number of nitrogens with zero attached hydrogens (tertiary/aromatic N) is 1. The van der Waals surface area contributed by atoms with Crippen molar-refractivity contribution in [2.45, 2.75) is 6.54 Å². The lowest BCUT2D eigenvalue weighted by atomic mass is 10.2. The molecule has 2 aromatic rings. The lowest BCUT2D eigenvalue weighted by molar-refractivity contribution is -0.142. The van der Waals surface area contributed by atoms with Crippen LogP contribution < -0.4 is 14.8 Å². The average molecular weight is 328 g/mol. The maximum absolute atomic E-state index is 12.2. The molecule has 0 radical (unpaired) electrons. The predicted octanol–water partition coefficient (Wildman–Crippen LogP) is 2.30. The van der Waals surface area contributed by atoms with Crippen LogP contribution in [0.5, 0.6) is 11.5 Å². The Hall–Kier alpha value is -3.02. The summed E-state index contributed by atoms with van der Waals surface area (Å²) < 4.78 is 10.3. The lowest BCUT2D eigenvalue weighted by Gasteiger charge is -2.17. The number of anilines is 1. The summed E-state index contributed by atoms with van der Waals surface area (Å²) in [4.78, 5) is 25.8. The molecule has 6 nitrogen and oxygen atoms in total. The van der Waals surface area contributed by atoms with Crippen LogP contribution in [0.3, 0.4) is 0 Å². The van der Waals surface area contributed by atoms with E-state index < -0.39 is 11.8 Å². The number of carbonyl (C=O) groups is 2. The molecule has 24 heavy (non-hydrogen) atoms. The third-order valence-electron chi connectivity index (χ3n) is 3.46. The molecule has 0 aliphatic carbocycles. The molecule has 0 saturated carbocycles. The second-order valence-corrected chi connectivity index (χ2v) is 5.17. The van der Waals surface area contributed by atoms with Crippen LogP contribution >= 0.6 is 0 Å². The Labute approximate surface area is 141 Å². The van der Waals surface area contributed by atoms with Gasteiger partial charge in [-0.3, -0.25) is 9.59 Å². The van der Waals surface area contributed by atoms with Crippen molar-refractivity contribution >= 4 is 17.5 Å². The number of amides is 2. The summed E-state index contributed by atoms with van der Waals surface area (Å²) in [5, 5.41) is 2.57. The van der Waals surface area contributed by atoms with Gasteiger partial charge in [-0.25, -0.2) is 0 Å². The van der Waals surface area contributed by atoms with Crippen LogP contribution in [0.15, 0.2) is 48.5 Å². The van der Waals surface area contributed by atoms with Gasteiger partial charge in [0.2, 0.25) is 0 Å². The molecule has 0 atom stereocenters. The molecule has 0 aromatic heterocycles. The van der Waals surface area contributed by atoms with E-state index in [2.05, 4.69) is 5.32 Å². The number of nitrogens with one attached hydrogen (secondary N) is 1. The van der Waals surface area contributed by atoms with Crippen LogP contribution in [0.25, 0.3) is 0 Å². The van der Waals surface area contributed by atoms with Gasteiger partial charge >= 0.3 is 11.8 Å². The lowest BCUT2D eigenvalue weighted by Crippen LogP contribution is -2.36. The number of rotatable bonds is 5. The number of hydrogen-bond donors (Lipinski definition) is 1. The van der Waals surface area contributed by atoms with Gasteiger partial charge in [-0.2, -0.15) is 0 Å². The van der Waals surface area contributed by atoms with Crippen LogP contribution in [-0.2, 0) is 16.1 Å². The highest BCUT2D eigenvalue weighted by Crippen LogP contribution is 2.28. The summed E-state index contributed by atoms with van der Waals surface area (Å²) in [6, 6.07) is 14.4. The smallest absolute Gasteiger partial charge is 0.314 e. The third-order valence-corrected chi connectivity index (χ3v) is 3.46. The number of methoxy groups -OCH3 is 2. The number of benzene rings is 2. The van der Waals surface area contributed by atoms with E-state index in [-0.39, 0.29) is 0 Å². The summed E-state index contributed by atoms with van der Waals surface area (Å²) in [5.74, 6) is -0.373. The second kappa shape index (κ2) is 8.01. The van der Waals surface area contributed by atoms with Crippen molar-refractivity contribution in [3.63, 3.8) is 0 Å². The van der Waals surface area contributed by atoms with Gasteiger partial charge in [0.25, 0.3) is 0 Å². The molecular weight excluding hydrogens is 308 g/mol. The van der Waals surface area contributed by atoms with Crippen LogP contribution in [-0.4, -0.2) is 38.0 Å². The number of carbonyl (C=O) groups excluding carboxylic acids is 2. The Morgan fingerprint density at radius 3 is 2.38 bits per heavy atom. The maximum atomic E-state index is 12.2. The van der Waals surface area contributed by atoms with E-state index >= 15 is 0 Å². The van der Waals surface area contributed by atoms with E-state index in [9.17, 15) is 9.59 Å². The molecule has 2 aromatic carbocycles. The van der Waals surface area contributed by atoms with E-state index in [0.717, 1.165) is 5.56 Å². The van der Waals surface area contributed by atoms with Gasteiger partial charge < -0.3 is 19.7 Å². The molecule has 2 rings (SSSR count). The normalized spacial score (nSPS) is 9.96. The molecule has 2 amide bonds. The summed E-state index contributed by atoms with van der Waals surface area (Å²) in [7, 11) is 4.59. The fraction of sp³-hybridized carbons (Fsp3) is 0.222. The van der Waals surface area contributed by atoms with Crippen LogP contribution in [0, 0.1) is 0 Å². The quantitative estimate of drug-likeness (QED) is 0.855. The van der Waals surface area contributed by atoms with E-state index in [0.29, 0.717) is 23.7 Å². The highest BCUT2D eigenvalue weighted by atomic mass is 16.5. The molecule has 1 N–H and O–H groups in total. The topological polar surface area (TPSA) is 67.9 Å². The fourth-order valence-electron chi connectivity index (χ4n) is 2.19. The standard InChI is InChI=1S/C18H20N2O4/c1-20(12-13-7-5-4-6-8-13)18(22)17(21)19-15-11-14(23-2)9-10-16(15)24-3/h4-11H,12H2,1-3H3,(H,19,21). The summed E-state index contributed by atoms with van der Waals surface area (Å²) in [6.45, 7) is 0.350. The molecule has 0 heterocycles. The first-order valence-corrected chi connectivity index (χ1v) is 7.37. The van der Waals surface area contributed by atoms with Gasteiger partial charge in [-0.1, -0.05) is 30.3 Å². The van der Waals surface area contributed by atoms with Gasteiger partial charge in [0, 0.05) is 19.7 Å². The minimum Gasteiger partial charge on any atom is -0.497 e. The Morgan fingerprint density at radius 1 is 1.04 bits per heavy atom. The molecule has 126 valence electrons. The van der Waals surface area contributed by atoms with Crippen LogP contribution in [0.2, 0.25) is 0 Å². The van der Waals surface area contributed by atoms with Gasteiger partial charge in [-0.05, 0) is 17.7 Å². The SMILES string of the molecule is COc1ccc(OC)c(NC(=O)C(=O)N(C)Cc2ccccc2)c1. The van der Waals surface area contributed by atoms with Crippen molar-refractivity contribution in [2.75, 3.05) is 26.6 Å². The Morgan fingerprint density at radius 2 is 1.75 bits per heavy atom. The molecule has 0 aliphatic heterocycles. The van der Waals surface area contributed by atoms with Crippen molar-refractivity contribution in [2.24, 2.45) is 0 Å². The molecule has 0 saturated heterocycles. The minimum atomic E-state index is -0.736. The summed E-state index contributed by atoms with van der Waals surface area (Å²) in [6.07, 6.45) is 0. The monoisotopic (exact) mass is 328 g/mol. The van der Waals surface area contributed by atoms with Gasteiger partial charge in [0.1, 0.15) is 11.5 Å². The minimum absolute atomic E-state index is 0.350. The van der Waals surface area contributed by atoms with Crippen molar-refractivity contribution in [1.82, 2.24) is 4.90 Å². The molecule has 0 spiro atoms. The highest BCUT2D eigenvalue weighted by Gasteiger charge is 2.20. The zero-order valence-electron chi connectivity index (χ0n) is 13.9. The zero-order chi connectivity index (χ0) is 17.5. The van der Waals surface area contributed by atoms with E-state index in [1.54, 1.807) is 25.2 Å².